The molecule has 6 nitrogen and oxygen atoms in total. The Kier molecular flexibility index (Phi) is 6.98. The van der Waals surface area contributed by atoms with E-state index in [1.807, 2.05) is 6.07 Å². The number of amides is 1. The number of pyridine rings is 1. The summed E-state index contributed by atoms with van der Waals surface area (Å²) in [5.41, 5.74) is 5.55. The molecule has 1 heterocycles. The summed E-state index contributed by atoms with van der Waals surface area (Å²) in [6, 6.07) is 8.00. The predicted molar refractivity (Wildman–Crippen MR) is 117 cm³/mol. The van der Waals surface area contributed by atoms with Gasteiger partial charge in [0.15, 0.2) is 0 Å². The van der Waals surface area contributed by atoms with Crippen LogP contribution in [-0.2, 0) is 4.79 Å². The molecule has 1 aromatic heterocycles. The van der Waals surface area contributed by atoms with E-state index in [1.165, 1.54) is 19.2 Å². The number of nitrogens with two attached hydrogens (primary N) is 1. The van der Waals surface area contributed by atoms with Crippen molar-refractivity contribution >= 4 is 5.91 Å². The third kappa shape index (κ3) is 5.28. The standard InChI is InChI=1S/C24H27F3N4O2/c1-15(2)12-19(22(29)32)31(23(14-28)10-11-23)21(24(25,26)27)17-6-4-16(5-7-17)18-8-9-20(33-3)30-13-18/h4-9,13,15,19,21H,10-12H2,1-3H3,(H2,29,32)/t19-,21-/m0/s1. The molecule has 0 saturated heterocycles. The Bertz CT molecular complexity index is 1010. The number of halogens is 3. The van der Waals surface area contributed by atoms with Gasteiger partial charge in [-0.1, -0.05) is 38.1 Å². The number of aromatic nitrogens is 1. The highest BCUT2D eigenvalue weighted by atomic mass is 19.4. The van der Waals surface area contributed by atoms with Gasteiger partial charge in [-0.05, 0) is 42.4 Å². The number of alkyl halides is 3. The second-order valence-electron chi connectivity index (χ2n) is 8.75. The summed E-state index contributed by atoms with van der Waals surface area (Å²) in [6.07, 6.45) is -2.51. The molecular weight excluding hydrogens is 433 g/mol. The van der Waals surface area contributed by atoms with Crippen molar-refractivity contribution in [3.63, 3.8) is 0 Å². The van der Waals surface area contributed by atoms with Crippen LogP contribution in [-0.4, -0.2) is 40.7 Å². The van der Waals surface area contributed by atoms with E-state index >= 15 is 0 Å². The minimum atomic E-state index is -4.72. The van der Waals surface area contributed by atoms with Crippen LogP contribution in [0.3, 0.4) is 0 Å². The summed E-state index contributed by atoms with van der Waals surface area (Å²) in [7, 11) is 1.49. The van der Waals surface area contributed by atoms with Crippen molar-refractivity contribution in [2.45, 2.75) is 56.9 Å². The summed E-state index contributed by atoms with van der Waals surface area (Å²) in [6.45, 7) is 3.61. The van der Waals surface area contributed by atoms with Crippen LogP contribution >= 0.6 is 0 Å². The number of methoxy groups -OCH3 is 1. The van der Waals surface area contributed by atoms with Gasteiger partial charge >= 0.3 is 6.18 Å². The van der Waals surface area contributed by atoms with Crippen LogP contribution in [0.4, 0.5) is 13.2 Å². The lowest BCUT2D eigenvalue weighted by atomic mass is 9.93. The molecule has 0 bridgehead atoms. The molecule has 1 aliphatic rings. The smallest absolute Gasteiger partial charge is 0.408 e. The van der Waals surface area contributed by atoms with Crippen molar-refractivity contribution in [1.29, 1.82) is 5.26 Å². The van der Waals surface area contributed by atoms with Crippen molar-refractivity contribution in [1.82, 2.24) is 9.88 Å². The third-order valence-electron chi connectivity index (χ3n) is 5.88. The molecule has 1 aromatic carbocycles. The van der Waals surface area contributed by atoms with Crippen LogP contribution in [0.25, 0.3) is 11.1 Å². The minimum Gasteiger partial charge on any atom is -0.481 e. The third-order valence-corrected chi connectivity index (χ3v) is 5.88. The number of hydrogen-bond acceptors (Lipinski definition) is 5. The van der Waals surface area contributed by atoms with Gasteiger partial charge in [-0.3, -0.25) is 9.69 Å². The Morgan fingerprint density at radius 1 is 1.21 bits per heavy atom. The van der Waals surface area contributed by atoms with E-state index in [0.717, 1.165) is 4.90 Å². The number of rotatable bonds is 9. The van der Waals surface area contributed by atoms with Crippen LogP contribution in [0.2, 0.25) is 0 Å². The van der Waals surface area contributed by atoms with Gasteiger partial charge < -0.3 is 10.5 Å². The minimum absolute atomic E-state index is 0.0516. The molecular formula is C24H27F3N4O2. The molecule has 1 fully saturated rings. The van der Waals surface area contributed by atoms with Crippen LogP contribution in [0.5, 0.6) is 5.88 Å². The molecule has 0 spiro atoms. The fourth-order valence-corrected chi connectivity index (χ4v) is 4.12. The largest absolute Gasteiger partial charge is 0.481 e. The van der Waals surface area contributed by atoms with Crippen molar-refractivity contribution in [3.8, 4) is 23.1 Å². The van der Waals surface area contributed by atoms with E-state index in [0.29, 0.717) is 17.0 Å². The van der Waals surface area contributed by atoms with Gasteiger partial charge in [0.05, 0.1) is 19.2 Å². The van der Waals surface area contributed by atoms with E-state index in [-0.39, 0.29) is 30.7 Å². The average molecular weight is 461 g/mol. The molecule has 1 saturated carbocycles. The maximum absolute atomic E-state index is 14.5. The number of ether oxygens (including phenoxy) is 1. The Morgan fingerprint density at radius 3 is 2.21 bits per heavy atom. The first-order valence-corrected chi connectivity index (χ1v) is 10.7. The number of nitrogens with zero attached hydrogens (tertiary/aromatic N) is 3. The summed E-state index contributed by atoms with van der Waals surface area (Å²) in [4.78, 5) is 17.4. The first kappa shape index (κ1) is 24.5. The lowest BCUT2D eigenvalue weighted by Crippen LogP contribution is -2.56. The molecule has 33 heavy (non-hydrogen) atoms. The molecule has 176 valence electrons. The Labute approximate surface area is 191 Å². The van der Waals surface area contributed by atoms with Gasteiger partial charge in [-0.15, -0.1) is 0 Å². The highest BCUT2D eigenvalue weighted by Crippen LogP contribution is 2.52. The Morgan fingerprint density at radius 2 is 1.82 bits per heavy atom. The number of benzene rings is 1. The van der Waals surface area contributed by atoms with Gasteiger partial charge in [0.1, 0.15) is 11.6 Å². The molecule has 9 heteroatoms. The van der Waals surface area contributed by atoms with Crippen LogP contribution in [0.1, 0.15) is 44.7 Å². The van der Waals surface area contributed by atoms with E-state index < -0.39 is 29.7 Å². The Hall–Kier alpha value is -3.12. The van der Waals surface area contributed by atoms with Gasteiger partial charge in [-0.2, -0.15) is 18.4 Å². The SMILES string of the molecule is COc1ccc(-c2ccc([C@H](N([C@@H](CC(C)C)C(N)=O)C3(C#N)CC3)C(F)(F)F)cc2)cn1. The molecule has 3 rings (SSSR count). The van der Waals surface area contributed by atoms with E-state index in [2.05, 4.69) is 4.98 Å². The van der Waals surface area contributed by atoms with Crippen molar-refractivity contribution in [2.24, 2.45) is 11.7 Å². The zero-order valence-electron chi connectivity index (χ0n) is 18.8. The molecule has 1 amide bonds. The predicted octanol–water partition coefficient (Wildman–Crippen LogP) is 4.62. The number of primary amides is 1. The molecule has 0 aliphatic heterocycles. The quantitative estimate of drug-likeness (QED) is 0.590. The molecule has 1 aliphatic carbocycles. The molecule has 2 aromatic rings. The van der Waals surface area contributed by atoms with E-state index in [4.69, 9.17) is 10.5 Å². The number of carbonyl (C=O) groups excluding carboxylic acids is 1. The molecule has 0 unspecified atom stereocenters. The monoisotopic (exact) mass is 460 g/mol. The number of carbonyl (C=O) groups is 1. The zero-order valence-corrected chi connectivity index (χ0v) is 18.8. The number of hydrogen-bond donors (Lipinski definition) is 1. The van der Waals surface area contributed by atoms with Gasteiger partial charge in [-0.25, -0.2) is 4.98 Å². The van der Waals surface area contributed by atoms with Gasteiger partial charge in [0.25, 0.3) is 0 Å². The Balaban J connectivity index is 2.05. The average Bonchev–Trinajstić information content (AvgIpc) is 3.56. The van der Waals surface area contributed by atoms with Crippen LogP contribution < -0.4 is 10.5 Å². The fraction of sp³-hybridized carbons (Fsp3) is 0.458. The summed E-state index contributed by atoms with van der Waals surface area (Å²) >= 11 is 0. The van der Waals surface area contributed by atoms with Crippen LogP contribution in [0, 0.1) is 17.2 Å². The van der Waals surface area contributed by atoms with E-state index in [9.17, 15) is 23.2 Å². The maximum atomic E-state index is 14.5. The normalized spacial score (nSPS) is 16.8. The first-order valence-electron chi connectivity index (χ1n) is 10.7. The van der Waals surface area contributed by atoms with Gasteiger partial charge in [0, 0.05) is 17.8 Å². The van der Waals surface area contributed by atoms with Crippen molar-refractivity contribution in [3.05, 3.63) is 48.2 Å². The second kappa shape index (κ2) is 9.40. The number of nitriles is 1. The fourth-order valence-electron chi connectivity index (χ4n) is 4.12. The molecule has 2 atom stereocenters. The van der Waals surface area contributed by atoms with Crippen molar-refractivity contribution < 1.29 is 22.7 Å². The second-order valence-corrected chi connectivity index (χ2v) is 8.75. The lowest BCUT2D eigenvalue weighted by Gasteiger charge is -2.41. The zero-order chi connectivity index (χ0) is 24.4. The molecule has 0 radical (unpaired) electrons. The summed E-state index contributed by atoms with van der Waals surface area (Å²) < 4.78 is 48.5. The van der Waals surface area contributed by atoms with Crippen molar-refractivity contribution in [2.75, 3.05) is 7.11 Å². The summed E-state index contributed by atoms with van der Waals surface area (Å²) in [5, 5.41) is 9.76. The summed E-state index contributed by atoms with van der Waals surface area (Å²) in [5.74, 6) is -0.518. The molecule has 2 N–H and O–H groups in total. The lowest BCUT2D eigenvalue weighted by molar-refractivity contribution is -0.200. The van der Waals surface area contributed by atoms with E-state index in [1.54, 1.807) is 44.3 Å². The first-order chi connectivity index (χ1) is 15.5. The maximum Gasteiger partial charge on any atom is 0.408 e. The van der Waals surface area contributed by atoms with Crippen LogP contribution in [0.15, 0.2) is 42.6 Å². The highest BCUT2D eigenvalue weighted by Gasteiger charge is 2.60. The van der Waals surface area contributed by atoms with Gasteiger partial charge in [0.2, 0.25) is 11.8 Å². The highest BCUT2D eigenvalue weighted by molar-refractivity contribution is 5.80. The topological polar surface area (TPSA) is 92.2 Å².